The monoisotopic (exact) mass is 443 g/mol. The second-order valence-electron chi connectivity index (χ2n) is 7.49. The number of nitrogens with one attached hydrogen (secondary N) is 2. The average Bonchev–Trinajstić information content (AvgIpc) is 3.21. The number of halogens is 1. The average molecular weight is 444 g/mol. The van der Waals surface area contributed by atoms with Crippen LogP contribution in [-0.2, 0) is 0 Å². The summed E-state index contributed by atoms with van der Waals surface area (Å²) >= 11 is 3.37. The summed E-state index contributed by atoms with van der Waals surface area (Å²) in [7, 11) is 0. The normalized spacial score (nSPS) is 13.6. The highest BCUT2D eigenvalue weighted by atomic mass is 79.9. The van der Waals surface area contributed by atoms with Crippen molar-refractivity contribution in [2.75, 3.05) is 29.9 Å². The molecule has 6 heteroatoms. The molecular formula is C22H26BrN3O2. The molecule has 0 spiro atoms. The maximum Gasteiger partial charge on any atom is 0.255 e. The van der Waals surface area contributed by atoms with Crippen LogP contribution in [0.1, 0.15) is 47.4 Å². The van der Waals surface area contributed by atoms with Crippen molar-refractivity contribution in [1.29, 1.82) is 0 Å². The van der Waals surface area contributed by atoms with Gasteiger partial charge in [-0.2, -0.15) is 0 Å². The van der Waals surface area contributed by atoms with Gasteiger partial charge in [-0.15, -0.1) is 0 Å². The Morgan fingerprint density at radius 3 is 2.36 bits per heavy atom. The van der Waals surface area contributed by atoms with Crippen molar-refractivity contribution >= 4 is 39.1 Å². The van der Waals surface area contributed by atoms with Crippen LogP contribution in [0.2, 0.25) is 0 Å². The molecule has 0 aromatic heterocycles. The van der Waals surface area contributed by atoms with Crippen LogP contribution in [0.25, 0.3) is 0 Å². The standard InChI is InChI=1S/C22H26BrN3O2/c1-15(2)14-24-22(28)19-13-18(9-10-20(19)26-11-3-4-12-26)25-21(27)16-5-7-17(23)8-6-16/h5-10,13,15H,3-4,11-12,14H2,1-2H3,(H,24,28)(H,25,27). The lowest BCUT2D eigenvalue weighted by molar-refractivity contribution is 0.0948. The molecule has 0 bridgehead atoms. The summed E-state index contributed by atoms with van der Waals surface area (Å²) in [5, 5.41) is 5.90. The largest absolute Gasteiger partial charge is 0.371 e. The zero-order valence-electron chi connectivity index (χ0n) is 16.3. The summed E-state index contributed by atoms with van der Waals surface area (Å²) in [6, 6.07) is 12.8. The van der Waals surface area contributed by atoms with E-state index < -0.39 is 0 Å². The van der Waals surface area contributed by atoms with E-state index in [1.807, 2.05) is 24.3 Å². The van der Waals surface area contributed by atoms with Gasteiger partial charge < -0.3 is 15.5 Å². The predicted octanol–water partition coefficient (Wildman–Crippen LogP) is 4.69. The van der Waals surface area contributed by atoms with Crippen LogP contribution in [0.15, 0.2) is 46.9 Å². The summed E-state index contributed by atoms with van der Waals surface area (Å²) in [6.07, 6.45) is 2.27. The van der Waals surface area contributed by atoms with Gasteiger partial charge in [0, 0.05) is 41.0 Å². The first-order chi connectivity index (χ1) is 13.4. The van der Waals surface area contributed by atoms with Gasteiger partial charge in [0.2, 0.25) is 0 Å². The van der Waals surface area contributed by atoms with Crippen LogP contribution in [0.4, 0.5) is 11.4 Å². The van der Waals surface area contributed by atoms with Gasteiger partial charge in [0.25, 0.3) is 11.8 Å². The number of carbonyl (C=O) groups excluding carboxylic acids is 2. The van der Waals surface area contributed by atoms with E-state index in [0.717, 1.165) is 36.1 Å². The number of amides is 2. The molecule has 1 aliphatic rings. The van der Waals surface area contributed by atoms with Crippen molar-refractivity contribution in [2.24, 2.45) is 5.92 Å². The number of anilines is 2. The number of hydrogen-bond acceptors (Lipinski definition) is 3. The van der Waals surface area contributed by atoms with Gasteiger partial charge in [0.1, 0.15) is 0 Å². The minimum Gasteiger partial charge on any atom is -0.371 e. The number of benzene rings is 2. The van der Waals surface area contributed by atoms with Gasteiger partial charge in [-0.05, 0) is 61.2 Å². The Balaban J connectivity index is 1.83. The Morgan fingerprint density at radius 2 is 1.71 bits per heavy atom. The smallest absolute Gasteiger partial charge is 0.255 e. The topological polar surface area (TPSA) is 61.4 Å². The second-order valence-corrected chi connectivity index (χ2v) is 8.41. The van der Waals surface area contributed by atoms with Crippen LogP contribution in [-0.4, -0.2) is 31.4 Å². The first kappa shape index (κ1) is 20.4. The molecule has 148 valence electrons. The first-order valence-electron chi connectivity index (χ1n) is 9.68. The molecule has 2 aromatic rings. The molecular weight excluding hydrogens is 418 g/mol. The fourth-order valence-electron chi connectivity index (χ4n) is 3.23. The molecule has 0 saturated carbocycles. The fraction of sp³-hybridized carbons (Fsp3) is 0.364. The number of hydrogen-bond donors (Lipinski definition) is 2. The predicted molar refractivity (Wildman–Crippen MR) is 117 cm³/mol. The van der Waals surface area contributed by atoms with E-state index >= 15 is 0 Å². The third kappa shape index (κ3) is 5.13. The Morgan fingerprint density at radius 1 is 1.04 bits per heavy atom. The minimum absolute atomic E-state index is 0.102. The summed E-state index contributed by atoms with van der Waals surface area (Å²) in [5.41, 5.74) is 2.72. The third-order valence-electron chi connectivity index (χ3n) is 4.72. The Kier molecular flexibility index (Phi) is 6.73. The zero-order chi connectivity index (χ0) is 20.1. The van der Waals surface area contributed by atoms with E-state index in [1.54, 1.807) is 18.2 Å². The van der Waals surface area contributed by atoms with Crippen molar-refractivity contribution in [3.05, 3.63) is 58.1 Å². The maximum atomic E-state index is 12.8. The fourth-order valence-corrected chi connectivity index (χ4v) is 3.49. The van der Waals surface area contributed by atoms with Gasteiger partial charge in [0.15, 0.2) is 0 Å². The molecule has 5 nitrogen and oxygen atoms in total. The molecule has 2 amide bonds. The molecule has 0 aliphatic carbocycles. The van der Waals surface area contributed by atoms with E-state index in [2.05, 4.69) is 45.3 Å². The zero-order valence-corrected chi connectivity index (χ0v) is 17.9. The van der Waals surface area contributed by atoms with E-state index in [4.69, 9.17) is 0 Å². The van der Waals surface area contributed by atoms with Gasteiger partial charge in [0.05, 0.1) is 5.56 Å². The molecule has 28 heavy (non-hydrogen) atoms. The van der Waals surface area contributed by atoms with E-state index in [9.17, 15) is 9.59 Å². The molecule has 2 N–H and O–H groups in total. The summed E-state index contributed by atoms with van der Waals surface area (Å²) in [6.45, 7) is 6.66. The summed E-state index contributed by atoms with van der Waals surface area (Å²) in [4.78, 5) is 27.6. The number of rotatable bonds is 6. The van der Waals surface area contributed by atoms with Crippen molar-refractivity contribution in [1.82, 2.24) is 5.32 Å². The minimum atomic E-state index is -0.199. The molecule has 3 rings (SSSR count). The van der Waals surface area contributed by atoms with Gasteiger partial charge >= 0.3 is 0 Å². The molecule has 0 unspecified atom stereocenters. The highest BCUT2D eigenvalue weighted by Crippen LogP contribution is 2.28. The van der Waals surface area contributed by atoms with Crippen LogP contribution in [0, 0.1) is 5.92 Å². The van der Waals surface area contributed by atoms with Crippen molar-refractivity contribution in [3.63, 3.8) is 0 Å². The van der Waals surface area contributed by atoms with Gasteiger partial charge in [-0.25, -0.2) is 0 Å². The Labute approximate surface area is 174 Å². The van der Waals surface area contributed by atoms with Crippen molar-refractivity contribution < 1.29 is 9.59 Å². The molecule has 1 fully saturated rings. The molecule has 1 saturated heterocycles. The highest BCUT2D eigenvalue weighted by Gasteiger charge is 2.20. The van der Waals surface area contributed by atoms with Crippen molar-refractivity contribution in [3.8, 4) is 0 Å². The SMILES string of the molecule is CC(C)CNC(=O)c1cc(NC(=O)c2ccc(Br)cc2)ccc1N1CCCC1. The van der Waals surface area contributed by atoms with Gasteiger partial charge in [-0.3, -0.25) is 9.59 Å². The summed E-state index contributed by atoms with van der Waals surface area (Å²) in [5.74, 6) is 0.0739. The lowest BCUT2D eigenvalue weighted by Crippen LogP contribution is -2.30. The lowest BCUT2D eigenvalue weighted by atomic mass is 10.1. The third-order valence-corrected chi connectivity index (χ3v) is 5.25. The quantitative estimate of drug-likeness (QED) is 0.680. The second kappa shape index (κ2) is 9.24. The molecule has 2 aromatic carbocycles. The van der Waals surface area contributed by atoms with Crippen LogP contribution >= 0.6 is 15.9 Å². The van der Waals surface area contributed by atoms with Gasteiger partial charge in [-0.1, -0.05) is 29.8 Å². The van der Waals surface area contributed by atoms with E-state index in [0.29, 0.717) is 29.3 Å². The van der Waals surface area contributed by atoms with E-state index in [-0.39, 0.29) is 11.8 Å². The highest BCUT2D eigenvalue weighted by molar-refractivity contribution is 9.10. The molecule has 1 heterocycles. The maximum absolute atomic E-state index is 12.8. The van der Waals surface area contributed by atoms with E-state index in [1.165, 1.54) is 0 Å². The lowest BCUT2D eigenvalue weighted by Gasteiger charge is -2.22. The molecule has 1 aliphatic heterocycles. The van der Waals surface area contributed by atoms with Crippen LogP contribution in [0.5, 0.6) is 0 Å². The molecule has 0 atom stereocenters. The Bertz CT molecular complexity index is 843. The first-order valence-corrected chi connectivity index (χ1v) is 10.5. The molecule has 0 radical (unpaired) electrons. The van der Waals surface area contributed by atoms with Crippen LogP contribution < -0.4 is 15.5 Å². The van der Waals surface area contributed by atoms with Crippen LogP contribution in [0.3, 0.4) is 0 Å². The number of carbonyl (C=O) groups is 2. The number of nitrogens with zero attached hydrogens (tertiary/aromatic N) is 1. The summed E-state index contributed by atoms with van der Waals surface area (Å²) < 4.78 is 0.920. The Hall–Kier alpha value is -2.34. The van der Waals surface area contributed by atoms with Crippen molar-refractivity contribution in [2.45, 2.75) is 26.7 Å².